The van der Waals surface area contributed by atoms with Gasteiger partial charge in [0.1, 0.15) is 6.61 Å². The van der Waals surface area contributed by atoms with Crippen LogP contribution in [0.3, 0.4) is 0 Å². The van der Waals surface area contributed by atoms with Gasteiger partial charge < -0.3 is 9.47 Å². The summed E-state index contributed by atoms with van der Waals surface area (Å²) in [6, 6.07) is 8.64. The van der Waals surface area contributed by atoms with Crippen LogP contribution >= 0.6 is 0 Å². The van der Waals surface area contributed by atoms with Crippen molar-refractivity contribution in [2.45, 2.75) is 63.7 Å². The molecule has 38 heavy (non-hydrogen) atoms. The van der Waals surface area contributed by atoms with Crippen LogP contribution in [0.5, 0.6) is 0 Å². The minimum Gasteiger partial charge on any atom is -0.465 e. The number of hydrogen-bond acceptors (Lipinski definition) is 6. The zero-order valence-electron chi connectivity index (χ0n) is 22.4. The van der Waals surface area contributed by atoms with E-state index >= 15 is 0 Å². The van der Waals surface area contributed by atoms with Gasteiger partial charge in [0.15, 0.2) is 21.5 Å². The van der Waals surface area contributed by atoms with Crippen molar-refractivity contribution >= 4 is 32.9 Å². The number of hydrogen-bond donors (Lipinski definition) is 0. The lowest BCUT2D eigenvalue weighted by atomic mass is 9.94. The number of rotatable bonds is 14. The van der Waals surface area contributed by atoms with Gasteiger partial charge in [-0.05, 0) is 48.2 Å². The van der Waals surface area contributed by atoms with Crippen molar-refractivity contribution in [3.63, 3.8) is 0 Å². The Bertz CT molecular complexity index is 1240. The van der Waals surface area contributed by atoms with Gasteiger partial charge in [-0.2, -0.15) is 0 Å². The summed E-state index contributed by atoms with van der Waals surface area (Å²) in [6.07, 6.45) is 7.27. The molecule has 0 heterocycles. The molecule has 2 aromatic rings. The van der Waals surface area contributed by atoms with Gasteiger partial charge in [0.2, 0.25) is 0 Å². The lowest BCUT2D eigenvalue weighted by molar-refractivity contribution is -0.147. The fourth-order valence-electron chi connectivity index (χ4n) is 4.18. The highest BCUT2D eigenvalue weighted by Gasteiger charge is 2.25. The lowest BCUT2D eigenvalue weighted by Crippen LogP contribution is -2.20. The van der Waals surface area contributed by atoms with Gasteiger partial charge in [0, 0.05) is 11.8 Å². The molecule has 0 fully saturated rings. The van der Waals surface area contributed by atoms with E-state index in [1.54, 1.807) is 0 Å². The predicted molar refractivity (Wildman–Crippen MR) is 143 cm³/mol. The standard InChI is InChI=1S/C29H36F2O6S/c1-5-7-8-9-11-21(10-6-2)28(32)37-19-24(20-12-15-23(16-13-20)38(4,34)35)27(29(33)36-3)22-14-17-25(30)26(31)18-22/h12-18,21H,5-11,19H2,1-4H3/t21-/m1/s1. The molecule has 0 radical (unpaired) electrons. The number of carbonyl (C=O) groups excluding carboxylic acids is 2. The number of methoxy groups -OCH3 is 1. The van der Waals surface area contributed by atoms with Crippen LogP contribution in [0.1, 0.15) is 69.9 Å². The predicted octanol–water partition coefficient (Wildman–Crippen LogP) is 6.38. The maximum absolute atomic E-state index is 14.1. The number of benzene rings is 2. The van der Waals surface area contributed by atoms with Crippen LogP contribution in [0, 0.1) is 17.6 Å². The van der Waals surface area contributed by atoms with Crippen molar-refractivity contribution in [1.82, 2.24) is 0 Å². The summed E-state index contributed by atoms with van der Waals surface area (Å²) < 4.78 is 62.3. The molecule has 0 aromatic heterocycles. The minimum atomic E-state index is -3.49. The first-order valence-electron chi connectivity index (χ1n) is 12.8. The molecule has 0 N–H and O–H groups in total. The van der Waals surface area contributed by atoms with Gasteiger partial charge in [0.05, 0.1) is 23.5 Å². The number of carbonyl (C=O) groups is 2. The highest BCUT2D eigenvalue weighted by Crippen LogP contribution is 2.30. The monoisotopic (exact) mass is 550 g/mol. The molecule has 9 heteroatoms. The van der Waals surface area contributed by atoms with Crippen LogP contribution in [0.25, 0.3) is 11.1 Å². The van der Waals surface area contributed by atoms with E-state index in [4.69, 9.17) is 9.47 Å². The van der Waals surface area contributed by atoms with E-state index in [-0.39, 0.29) is 34.1 Å². The maximum atomic E-state index is 14.1. The van der Waals surface area contributed by atoms with Gasteiger partial charge in [-0.3, -0.25) is 4.79 Å². The smallest absolute Gasteiger partial charge is 0.338 e. The van der Waals surface area contributed by atoms with Crippen LogP contribution in [-0.4, -0.2) is 40.3 Å². The second-order valence-electron chi connectivity index (χ2n) is 9.21. The van der Waals surface area contributed by atoms with E-state index < -0.39 is 33.4 Å². The molecule has 2 rings (SSSR count). The van der Waals surface area contributed by atoms with Crippen molar-refractivity contribution in [3.05, 3.63) is 65.2 Å². The zero-order valence-corrected chi connectivity index (χ0v) is 23.2. The molecular weight excluding hydrogens is 514 g/mol. The van der Waals surface area contributed by atoms with Crippen molar-refractivity contribution in [2.24, 2.45) is 5.92 Å². The second kappa shape index (κ2) is 14.8. The summed E-state index contributed by atoms with van der Waals surface area (Å²) in [4.78, 5) is 26.0. The van der Waals surface area contributed by atoms with Crippen LogP contribution in [0.4, 0.5) is 8.78 Å². The van der Waals surface area contributed by atoms with Crippen molar-refractivity contribution in [2.75, 3.05) is 20.0 Å². The Morgan fingerprint density at radius 3 is 2.08 bits per heavy atom. The zero-order chi connectivity index (χ0) is 28.3. The molecule has 0 unspecified atom stereocenters. The first kappa shape index (κ1) is 31.1. The Morgan fingerprint density at radius 1 is 0.868 bits per heavy atom. The number of sulfone groups is 1. The number of esters is 2. The minimum absolute atomic E-state index is 0.0265. The molecule has 6 nitrogen and oxygen atoms in total. The SMILES string of the molecule is CCCCCC[C@@H](CCC)C(=O)OCC(=C(C(=O)OC)c1ccc(F)c(F)c1)c1ccc(S(C)(=O)=O)cc1. The van der Waals surface area contributed by atoms with Crippen LogP contribution in [-0.2, 0) is 28.9 Å². The third-order valence-corrected chi connectivity index (χ3v) is 7.39. The molecule has 0 aliphatic carbocycles. The first-order valence-corrected chi connectivity index (χ1v) is 14.7. The Morgan fingerprint density at radius 2 is 1.53 bits per heavy atom. The summed E-state index contributed by atoms with van der Waals surface area (Å²) in [5.41, 5.74) is 0.447. The third-order valence-electron chi connectivity index (χ3n) is 6.27. The van der Waals surface area contributed by atoms with Crippen LogP contribution < -0.4 is 0 Å². The highest BCUT2D eigenvalue weighted by atomic mass is 32.2. The molecule has 0 saturated heterocycles. The molecule has 2 aromatic carbocycles. The summed E-state index contributed by atoms with van der Waals surface area (Å²) in [5.74, 6) is -3.82. The Labute approximate surface area is 224 Å². The van der Waals surface area contributed by atoms with Gasteiger partial charge >= 0.3 is 11.9 Å². The van der Waals surface area contributed by atoms with Gasteiger partial charge in [-0.1, -0.05) is 64.2 Å². The number of halogens is 2. The molecular formula is C29H36F2O6S. The highest BCUT2D eigenvalue weighted by molar-refractivity contribution is 7.90. The molecule has 0 amide bonds. The maximum Gasteiger partial charge on any atom is 0.338 e. The average molecular weight is 551 g/mol. The first-order chi connectivity index (χ1) is 18.0. The summed E-state index contributed by atoms with van der Waals surface area (Å²) in [5, 5.41) is 0. The summed E-state index contributed by atoms with van der Waals surface area (Å²) in [7, 11) is -2.34. The summed E-state index contributed by atoms with van der Waals surface area (Å²) in [6.45, 7) is 3.75. The topological polar surface area (TPSA) is 86.7 Å². The van der Waals surface area contributed by atoms with Gasteiger partial charge in [0.25, 0.3) is 0 Å². The lowest BCUT2D eigenvalue weighted by Gasteiger charge is -2.19. The van der Waals surface area contributed by atoms with E-state index in [0.29, 0.717) is 18.4 Å². The fourth-order valence-corrected chi connectivity index (χ4v) is 4.81. The van der Waals surface area contributed by atoms with Gasteiger partial charge in [-0.15, -0.1) is 0 Å². The van der Waals surface area contributed by atoms with Crippen LogP contribution in [0.2, 0.25) is 0 Å². The van der Waals surface area contributed by atoms with E-state index in [1.165, 1.54) is 30.3 Å². The Hall–Kier alpha value is -3.07. The normalized spacial score (nSPS) is 13.0. The quantitative estimate of drug-likeness (QED) is 0.117. The molecule has 0 spiro atoms. The number of ether oxygens (including phenoxy) is 2. The van der Waals surface area contributed by atoms with E-state index in [2.05, 4.69) is 6.92 Å². The molecule has 0 aliphatic rings. The molecule has 0 bridgehead atoms. The van der Waals surface area contributed by atoms with E-state index in [0.717, 1.165) is 57.6 Å². The van der Waals surface area contributed by atoms with Crippen molar-refractivity contribution in [1.29, 1.82) is 0 Å². The third kappa shape index (κ3) is 8.75. The van der Waals surface area contributed by atoms with Crippen molar-refractivity contribution in [3.8, 4) is 0 Å². The average Bonchev–Trinajstić information content (AvgIpc) is 2.89. The van der Waals surface area contributed by atoms with Gasteiger partial charge in [-0.25, -0.2) is 22.0 Å². The van der Waals surface area contributed by atoms with Crippen LogP contribution in [0.15, 0.2) is 47.4 Å². The van der Waals surface area contributed by atoms with Crippen molar-refractivity contribution < 1.29 is 36.3 Å². The molecule has 0 aliphatic heterocycles. The second-order valence-corrected chi connectivity index (χ2v) is 11.2. The van der Waals surface area contributed by atoms with E-state index in [9.17, 15) is 26.8 Å². The molecule has 1 atom stereocenters. The molecule has 0 saturated carbocycles. The fraction of sp³-hybridized carbons (Fsp3) is 0.448. The summed E-state index contributed by atoms with van der Waals surface area (Å²) >= 11 is 0. The largest absolute Gasteiger partial charge is 0.465 e. The number of unbranched alkanes of at least 4 members (excludes halogenated alkanes) is 3. The van der Waals surface area contributed by atoms with E-state index in [1.807, 2.05) is 6.92 Å². The Kier molecular flexibility index (Phi) is 12.1. The molecule has 208 valence electrons. The Balaban J connectivity index is 2.54.